The van der Waals surface area contributed by atoms with Gasteiger partial charge in [0.05, 0.1) is 9.26 Å². The first-order valence-electron chi connectivity index (χ1n) is 4.44. The molecule has 0 amide bonds. The number of nitrogen functional groups attached to an aromatic ring is 1. The van der Waals surface area contributed by atoms with E-state index < -0.39 is 0 Å². The summed E-state index contributed by atoms with van der Waals surface area (Å²) in [4.78, 5) is 11.3. The third-order valence-corrected chi connectivity index (χ3v) is 3.09. The predicted molar refractivity (Wildman–Crippen MR) is 71.6 cm³/mol. The molecule has 3 N–H and O–H groups in total. The number of nitrogens with two attached hydrogens (primary N) is 1. The van der Waals surface area contributed by atoms with Crippen molar-refractivity contribution < 1.29 is 4.39 Å². The SMILES string of the molecule is Nc1nc(Cl)nc(Nc2cccc(F)c2I)n1. The molecule has 0 unspecified atom stereocenters. The van der Waals surface area contributed by atoms with Crippen LogP contribution in [0.2, 0.25) is 5.28 Å². The zero-order valence-electron chi connectivity index (χ0n) is 8.28. The van der Waals surface area contributed by atoms with Gasteiger partial charge in [-0.05, 0) is 46.3 Å². The van der Waals surface area contributed by atoms with Crippen LogP contribution in [-0.4, -0.2) is 15.0 Å². The van der Waals surface area contributed by atoms with Crippen molar-refractivity contribution in [3.05, 3.63) is 32.9 Å². The molecule has 8 heteroatoms. The summed E-state index contributed by atoms with van der Waals surface area (Å²) in [6, 6.07) is 4.63. The Hall–Kier alpha value is -1.22. The summed E-state index contributed by atoms with van der Waals surface area (Å²) in [6.45, 7) is 0. The molecule has 17 heavy (non-hydrogen) atoms. The van der Waals surface area contributed by atoms with Gasteiger partial charge in [-0.2, -0.15) is 15.0 Å². The van der Waals surface area contributed by atoms with E-state index >= 15 is 0 Å². The van der Waals surface area contributed by atoms with Gasteiger partial charge in [0.1, 0.15) is 5.82 Å². The standard InChI is InChI=1S/C9H6ClFIN5/c10-7-15-8(13)17-9(16-7)14-5-3-1-2-4(11)6(5)12/h1-3H,(H3,13,14,15,16,17). The summed E-state index contributed by atoms with van der Waals surface area (Å²) in [6.07, 6.45) is 0. The first kappa shape index (κ1) is 12.2. The summed E-state index contributed by atoms with van der Waals surface area (Å²) >= 11 is 7.51. The summed E-state index contributed by atoms with van der Waals surface area (Å²) in [5.41, 5.74) is 5.95. The minimum atomic E-state index is -0.330. The summed E-state index contributed by atoms with van der Waals surface area (Å²) in [7, 11) is 0. The van der Waals surface area contributed by atoms with Gasteiger partial charge in [-0.25, -0.2) is 4.39 Å². The first-order chi connectivity index (χ1) is 8.06. The maximum absolute atomic E-state index is 13.3. The Labute approximate surface area is 115 Å². The van der Waals surface area contributed by atoms with Crippen molar-refractivity contribution in [3.8, 4) is 0 Å². The third-order valence-electron chi connectivity index (χ3n) is 1.82. The zero-order chi connectivity index (χ0) is 12.4. The fourth-order valence-corrected chi connectivity index (χ4v) is 1.80. The second-order valence-electron chi connectivity index (χ2n) is 3.01. The third kappa shape index (κ3) is 2.91. The summed E-state index contributed by atoms with van der Waals surface area (Å²) in [5, 5.41) is 2.80. The first-order valence-corrected chi connectivity index (χ1v) is 5.90. The molecule has 1 aromatic heterocycles. The summed E-state index contributed by atoms with van der Waals surface area (Å²) < 4.78 is 13.7. The Kier molecular flexibility index (Phi) is 3.57. The van der Waals surface area contributed by atoms with E-state index in [0.29, 0.717) is 9.26 Å². The van der Waals surface area contributed by atoms with Crippen LogP contribution in [0.15, 0.2) is 18.2 Å². The lowest BCUT2D eigenvalue weighted by molar-refractivity contribution is 0.621. The maximum Gasteiger partial charge on any atom is 0.233 e. The van der Waals surface area contributed by atoms with Gasteiger partial charge in [0.2, 0.25) is 17.2 Å². The number of anilines is 3. The van der Waals surface area contributed by atoms with Gasteiger partial charge in [0.25, 0.3) is 0 Å². The van der Waals surface area contributed by atoms with Gasteiger partial charge < -0.3 is 11.1 Å². The quantitative estimate of drug-likeness (QED) is 0.800. The number of nitrogens with one attached hydrogen (secondary N) is 1. The molecule has 0 atom stereocenters. The van der Waals surface area contributed by atoms with Crippen LogP contribution in [0.3, 0.4) is 0 Å². The molecule has 0 bridgehead atoms. The van der Waals surface area contributed by atoms with E-state index in [2.05, 4.69) is 20.3 Å². The average molecular weight is 366 g/mol. The lowest BCUT2D eigenvalue weighted by atomic mass is 10.3. The molecule has 2 rings (SSSR count). The van der Waals surface area contributed by atoms with Crippen LogP contribution < -0.4 is 11.1 Å². The second-order valence-corrected chi connectivity index (χ2v) is 4.43. The highest BCUT2D eigenvalue weighted by molar-refractivity contribution is 14.1. The normalized spacial score (nSPS) is 10.3. The maximum atomic E-state index is 13.3. The van der Waals surface area contributed by atoms with Crippen molar-refractivity contribution in [2.45, 2.75) is 0 Å². The highest BCUT2D eigenvalue weighted by Crippen LogP contribution is 2.23. The van der Waals surface area contributed by atoms with Crippen molar-refractivity contribution in [1.82, 2.24) is 15.0 Å². The highest BCUT2D eigenvalue weighted by Gasteiger charge is 2.08. The van der Waals surface area contributed by atoms with Crippen molar-refractivity contribution in [2.24, 2.45) is 0 Å². The monoisotopic (exact) mass is 365 g/mol. The average Bonchev–Trinajstić information content (AvgIpc) is 2.23. The van der Waals surface area contributed by atoms with Gasteiger partial charge in [0.15, 0.2) is 0 Å². The molecule has 1 heterocycles. The Morgan fingerprint density at radius 3 is 2.76 bits per heavy atom. The Morgan fingerprint density at radius 2 is 2.06 bits per heavy atom. The predicted octanol–water partition coefficient (Wildman–Crippen LogP) is 2.59. The van der Waals surface area contributed by atoms with E-state index in [1.807, 2.05) is 22.6 Å². The molecule has 0 aliphatic carbocycles. The number of hydrogen-bond acceptors (Lipinski definition) is 5. The molecular formula is C9H6ClFIN5. The van der Waals surface area contributed by atoms with Crippen molar-refractivity contribution in [1.29, 1.82) is 0 Å². The largest absolute Gasteiger partial charge is 0.368 e. The number of halogens is 3. The molecule has 1 aromatic carbocycles. The molecule has 0 spiro atoms. The van der Waals surface area contributed by atoms with Crippen molar-refractivity contribution >= 4 is 51.8 Å². The van der Waals surface area contributed by atoms with Crippen LogP contribution in [0.1, 0.15) is 0 Å². The van der Waals surface area contributed by atoms with E-state index in [1.54, 1.807) is 12.1 Å². The molecule has 0 aliphatic rings. The van der Waals surface area contributed by atoms with Crippen molar-refractivity contribution in [3.63, 3.8) is 0 Å². The topological polar surface area (TPSA) is 76.7 Å². The molecule has 0 radical (unpaired) electrons. The van der Waals surface area contributed by atoms with Gasteiger partial charge in [-0.1, -0.05) is 6.07 Å². The second kappa shape index (κ2) is 4.96. The highest BCUT2D eigenvalue weighted by atomic mass is 127. The number of aromatic nitrogens is 3. The van der Waals surface area contributed by atoms with Gasteiger partial charge in [-0.3, -0.25) is 0 Å². The summed E-state index contributed by atoms with van der Waals surface area (Å²) in [5.74, 6) is -0.159. The zero-order valence-corrected chi connectivity index (χ0v) is 11.2. The molecule has 0 saturated carbocycles. The molecule has 5 nitrogen and oxygen atoms in total. The van der Waals surface area contributed by atoms with E-state index in [9.17, 15) is 4.39 Å². The van der Waals surface area contributed by atoms with Crippen LogP contribution in [0, 0.1) is 9.39 Å². The molecule has 0 saturated heterocycles. The Bertz CT molecular complexity index is 545. The van der Waals surface area contributed by atoms with Gasteiger partial charge in [-0.15, -0.1) is 0 Å². The molecular weight excluding hydrogens is 359 g/mol. The van der Waals surface area contributed by atoms with E-state index in [-0.39, 0.29) is 23.0 Å². The molecule has 0 fully saturated rings. The van der Waals surface area contributed by atoms with Crippen LogP contribution >= 0.6 is 34.2 Å². The van der Waals surface area contributed by atoms with Crippen LogP contribution in [0.25, 0.3) is 0 Å². The number of benzene rings is 1. The lowest BCUT2D eigenvalue weighted by Crippen LogP contribution is -2.04. The molecule has 88 valence electrons. The van der Waals surface area contributed by atoms with Gasteiger partial charge in [0, 0.05) is 0 Å². The van der Waals surface area contributed by atoms with Crippen LogP contribution in [0.4, 0.5) is 22.0 Å². The van der Waals surface area contributed by atoms with Crippen molar-refractivity contribution in [2.75, 3.05) is 11.1 Å². The lowest BCUT2D eigenvalue weighted by Gasteiger charge is -2.07. The fraction of sp³-hybridized carbons (Fsp3) is 0. The minimum absolute atomic E-state index is 0.00101. The van der Waals surface area contributed by atoms with Crippen LogP contribution in [-0.2, 0) is 0 Å². The smallest absolute Gasteiger partial charge is 0.233 e. The Balaban J connectivity index is 2.34. The molecule has 2 aromatic rings. The van der Waals surface area contributed by atoms with E-state index in [4.69, 9.17) is 17.3 Å². The number of nitrogens with zero attached hydrogens (tertiary/aromatic N) is 3. The fourth-order valence-electron chi connectivity index (χ4n) is 1.14. The van der Waals surface area contributed by atoms with Crippen LogP contribution in [0.5, 0.6) is 0 Å². The van der Waals surface area contributed by atoms with Gasteiger partial charge >= 0.3 is 0 Å². The number of hydrogen-bond donors (Lipinski definition) is 2. The number of rotatable bonds is 2. The Morgan fingerprint density at radius 1 is 1.29 bits per heavy atom. The molecule has 0 aliphatic heterocycles. The van der Waals surface area contributed by atoms with E-state index in [1.165, 1.54) is 6.07 Å². The minimum Gasteiger partial charge on any atom is -0.368 e. The van der Waals surface area contributed by atoms with E-state index in [0.717, 1.165) is 0 Å².